The van der Waals surface area contributed by atoms with Crippen LogP contribution in [0.3, 0.4) is 0 Å². The standard InChI is InChI=1S/C23H33F3N4O.HI/c1-16(18-8-5-9-19(14-18)23(24,25)26)10-12-28-22(27-2)29-20-11-13-30(15-20)21(31)17-6-3-4-7-17;/h5,8-9,14,16-17,20H,3-4,6-7,10-13,15H2,1-2H3,(H2,27,28,29);1H. The largest absolute Gasteiger partial charge is 0.416 e. The van der Waals surface area contributed by atoms with Crippen molar-refractivity contribution >= 4 is 35.8 Å². The number of halogens is 4. The Morgan fingerprint density at radius 1 is 1.25 bits per heavy atom. The Kier molecular flexibility index (Phi) is 10.1. The monoisotopic (exact) mass is 566 g/mol. The Labute approximate surface area is 205 Å². The van der Waals surface area contributed by atoms with Gasteiger partial charge < -0.3 is 15.5 Å². The molecule has 1 aliphatic carbocycles. The number of carbonyl (C=O) groups is 1. The number of alkyl halides is 3. The quantitative estimate of drug-likeness (QED) is 0.297. The number of benzene rings is 1. The van der Waals surface area contributed by atoms with Gasteiger partial charge in [0.05, 0.1) is 5.56 Å². The Bertz CT molecular complexity index is 781. The van der Waals surface area contributed by atoms with Gasteiger partial charge >= 0.3 is 6.18 Å². The number of likely N-dealkylation sites (tertiary alicyclic amines) is 1. The number of rotatable bonds is 6. The molecule has 1 heterocycles. The zero-order valence-corrected chi connectivity index (χ0v) is 21.1. The molecule has 1 aromatic carbocycles. The van der Waals surface area contributed by atoms with Crippen molar-refractivity contribution in [1.82, 2.24) is 15.5 Å². The maximum Gasteiger partial charge on any atom is 0.416 e. The van der Waals surface area contributed by atoms with Crippen LogP contribution in [0.4, 0.5) is 13.2 Å². The van der Waals surface area contributed by atoms with Gasteiger partial charge in [-0.3, -0.25) is 9.79 Å². The fourth-order valence-electron chi connectivity index (χ4n) is 4.49. The van der Waals surface area contributed by atoms with E-state index in [0.29, 0.717) is 36.9 Å². The molecule has 2 N–H and O–H groups in total. The van der Waals surface area contributed by atoms with Crippen molar-refractivity contribution in [3.05, 3.63) is 35.4 Å². The van der Waals surface area contributed by atoms with Crippen LogP contribution in [0, 0.1) is 5.92 Å². The van der Waals surface area contributed by atoms with Crippen LogP contribution in [0.15, 0.2) is 29.3 Å². The van der Waals surface area contributed by atoms with Crippen molar-refractivity contribution in [2.24, 2.45) is 10.9 Å². The molecule has 3 rings (SSSR count). The molecule has 1 amide bonds. The maximum atomic E-state index is 12.9. The molecule has 1 aromatic rings. The fourth-order valence-corrected chi connectivity index (χ4v) is 4.49. The first-order valence-electron chi connectivity index (χ1n) is 11.2. The van der Waals surface area contributed by atoms with E-state index in [2.05, 4.69) is 15.6 Å². The lowest BCUT2D eigenvalue weighted by Crippen LogP contribution is -2.45. The number of hydrogen-bond donors (Lipinski definition) is 2. The van der Waals surface area contributed by atoms with E-state index in [1.165, 1.54) is 12.1 Å². The van der Waals surface area contributed by atoms with Crippen LogP contribution in [-0.2, 0) is 11.0 Å². The molecule has 0 spiro atoms. The van der Waals surface area contributed by atoms with Gasteiger partial charge in [0.1, 0.15) is 0 Å². The minimum Gasteiger partial charge on any atom is -0.356 e. The lowest BCUT2D eigenvalue weighted by Gasteiger charge is -2.22. The minimum absolute atomic E-state index is 0. The Balaban J connectivity index is 0.00000363. The Morgan fingerprint density at radius 3 is 2.62 bits per heavy atom. The van der Waals surface area contributed by atoms with E-state index in [-0.39, 0.29) is 41.9 Å². The lowest BCUT2D eigenvalue weighted by atomic mass is 9.96. The highest BCUT2D eigenvalue weighted by Crippen LogP contribution is 2.31. The molecular weight excluding hydrogens is 532 g/mol. The predicted octanol–water partition coefficient (Wildman–Crippen LogP) is 4.77. The van der Waals surface area contributed by atoms with Crippen LogP contribution in [0.25, 0.3) is 0 Å². The summed E-state index contributed by atoms with van der Waals surface area (Å²) < 4.78 is 38.8. The van der Waals surface area contributed by atoms with Crippen molar-refractivity contribution in [2.45, 2.75) is 63.6 Å². The molecule has 180 valence electrons. The second-order valence-corrected chi connectivity index (χ2v) is 8.71. The second-order valence-electron chi connectivity index (χ2n) is 8.71. The number of nitrogens with zero attached hydrogens (tertiary/aromatic N) is 2. The maximum absolute atomic E-state index is 12.9. The van der Waals surface area contributed by atoms with Gasteiger partial charge in [0.25, 0.3) is 0 Å². The molecule has 0 bridgehead atoms. The Morgan fingerprint density at radius 2 is 1.97 bits per heavy atom. The van der Waals surface area contributed by atoms with Crippen molar-refractivity contribution in [1.29, 1.82) is 0 Å². The molecular formula is C23H34F3IN4O. The molecule has 2 unspecified atom stereocenters. The van der Waals surface area contributed by atoms with Gasteiger partial charge in [-0.15, -0.1) is 24.0 Å². The number of aliphatic imine (C=N–C) groups is 1. The summed E-state index contributed by atoms with van der Waals surface area (Å²) in [6.45, 7) is 3.98. The van der Waals surface area contributed by atoms with E-state index in [1.54, 1.807) is 13.1 Å². The van der Waals surface area contributed by atoms with Gasteiger partial charge in [-0.05, 0) is 43.2 Å². The number of guanidine groups is 1. The number of nitrogens with one attached hydrogen (secondary N) is 2. The highest BCUT2D eigenvalue weighted by atomic mass is 127. The first-order valence-corrected chi connectivity index (χ1v) is 11.2. The van der Waals surface area contributed by atoms with E-state index in [0.717, 1.165) is 44.7 Å². The summed E-state index contributed by atoms with van der Waals surface area (Å²) in [6, 6.07) is 5.69. The number of hydrogen-bond acceptors (Lipinski definition) is 2. The third-order valence-corrected chi connectivity index (χ3v) is 6.42. The molecule has 1 saturated carbocycles. The summed E-state index contributed by atoms with van der Waals surface area (Å²) in [5.74, 6) is 1.14. The molecule has 5 nitrogen and oxygen atoms in total. The molecule has 9 heteroatoms. The van der Waals surface area contributed by atoms with Crippen molar-refractivity contribution in [3.63, 3.8) is 0 Å². The van der Waals surface area contributed by atoms with Gasteiger partial charge in [-0.25, -0.2) is 0 Å². The summed E-state index contributed by atoms with van der Waals surface area (Å²) in [6.07, 6.45) is 1.58. The minimum atomic E-state index is -4.33. The van der Waals surface area contributed by atoms with Crippen LogP contribution in [-0.4, -0.2) is 49.5 Å². The van der Waals surface area contributed by atoms with Crippen molar-refractivity contribution in [2.75, 3.05) is 26.7 Å². The number of carbonyl (C=O) groups excluding carboxylic acids is 1. The van der Waals surface area contributed by atoms with Crippen LogP contribution >= 0.6 is 24.0 Å². The van der Waals surface area contributed by atoms with Crippen LogP contribution < -0.4 is 10.6 Å². The van der Waals surface area contributed by atoms with Gasteiger partial charge in [0, 0.05) is 38.6 Å². The summed E-state index contributed by atoms with van der Waals surface area (Å²) in [7, 11) is 1.70. The van der Waals surface area contributed by atoms with Crippen LogP contribution in [0.5, 0.6) is 0 Å². The highest BCUT2D eigenvalue weighted by Gasteiger charge is 2.33. The predicted molar refractivity (Wildman–Crippen MR) is 131 cm³/mol. The molecule has 32 heavy (non-hydrogen) atoms. The average Bonchev–Trinajstić information content (AvgIpc) is 3.44. The van der Waals surface area contributed by atoms with Crippen LogP contribution in [0.2, 0.25) is 0 Å². The topological polar surface area (TPSA) is 56.7 Å². The van der Waals surface area contributed by atoms with Gasteiger partial charge in [-0.1, -0.05) is 38.0 Å². The third kappa shape index (κ3) is 7.25. The second kappa shape index (κ2) is 12.1. The smallest absolute Gasteiger partial charge is 0.356 e. The van der Waals surface area contributed by atoms with Crippen LogP contribution in [0.1, 0.15) is 62.5 Å². The van der Waals surface area contributed by atoms with E-state index in [9.17, 15) is 18.0 Å². The molecule has 0 radical (unpaired) electrons. The highest BCUT2D eigenvalue weighted by molar-refractivity contribution is 14.0. The van der Waals surface area contributed by atoms with Crippen molar-refractivity contribution in [3.8, 4) is 0 Å². The van der Waals surface area contributed by atoms with Gasteiger partial charge in [0.15, 0.2) is 5.96 Å². The van der Waals surface area contributed by atoms with Crippen molar-refractivity contribution < 1.29 is 18.0 Å². The molecule has 0 aromatic heterocycles. The Hall–Kier alpha value is -1.52. The third-order valence-electron chi connectivity index (χ3n) is 6.42. The first-order chi connectivity index (χ1) is 14.8. The van der Waals surface area contributed by atoms with E-state index >= 15 is 0 Å². The molecule has 1 saturated heterocycles. The zero-order chi connectivity index (χ0) is 22.4. The summed E-state index contributed by atoms with van der Waals surface area (Å²) in [4.78, 5) is 18.8. The summed E-state index contributed by atoms with van der Waals surface area (Å²) in [5.41, 5.74) is 0.0663. The van der Waals surface area contributed by atoms with Gasteiger partial charge in [-0.2, -0.15) is 13.2 Å². The first kappa shape index (κ1) is 26.7. The molecule has 2 aliphatic rings. The SMILES string of the molecule is CN=C(NCCC(C)c1cccc(C(F)(F)F)c1)NC1CCN(C(=O)C2CCCC2)C1.I. The lowest BCUT2D eigenvalue weighted by molar-refractivity contribution is -0.137. The van der Waals surface area contributed by atoms with Gasteiger partial charge in [0.2, 0.25) is 5.91 Å². The fraction of sp³-hybridized carbons (Fsp3) is 0.652. The molecule has 2 fully saturated rings. The number of amides is 1. The van der Waals surface area contributed by atoms with E-state index in [4.69, 9.17) is 0 Å². The van der Waals surface area contributed by atoms with E-state index < -0.39 is 11.7 Å². The summed E-state index contributed by atoms with van der Waals surface area (Å²) >= 11 is 0. The summed E-state index contributed by atoms with van der Waals surface area (Å²) in [5, 5.41) is 6.63. The van der Waals surface area contributed by atoms with E-state index in [1.807, 2.05) is 11.8 Å². The average molecular weight is 566 g/mol. The molecule has 1 aliphatic heterocycles. The normalized spacial score (nSPS) is 20.7. The molecule has 2 atom stereocenters. The zero-order valence-electron chi connectivity index (χ0n) is 18.8.